The molecule has 28 heavy (non-hydrogen) atoms. The average Bonchev–Trinajstić information content (AvgIpc) is 2.50. The fourth-order valence-corrected chi connectivity index (χ4v) is 0.565. The van der Waals surface area contributed by atoms with E-state index in [2.05, 4.69) is 23.3 Å². The van der Waals surface area contributed by atoms with Crippen LogP contribution in [-0.2, 0) is 19.2 Å². The number of quaternary nitrogens is 2. The van der Waals surface area contributed by atoms with Crippen molar-refractivity contribution in [2.24, 2.45) is 0 Å². The number of carbonyl (C=O) groups is 4. The maximum Gasteiger partial charge on any atom is 0.430 e. The van der Waals surface area contributed by atoms with Gasteiger partial charge in [-0.3, -0.25) is 0 Å². The normalized spacial score (nSPS) is 12.4. The standard InChI is InChI=1S/C8H12N2O4.2C2HF3O2/c9-5(7(11)12)3-1-2-4-6(10)8(13)14;2*3-2(4,5)1(6)7/h5-6H,3-4,9-10H2,(H,11,12)(H,13,14);2*(H,6,7)/t5-,6-;;/m0../s1. The maximum absolute atomic E-state index is 10.5. The Hall–Kier alpha value is -3.06. The minimum atomic E-state index is -5.19. The van der Waals surface area contributed by atoms with Crippen LogP contribution in [0.5, 0.6) is 0 Å². The first-order valence-electron chi connectivity index (χ1n) is 6.47. The van der Waals surface area contributed by atoms with E-state index in [-0.39, 0.29) is 12.8 Å². The molecule has 0 aliphatic rings. The number of hydrogen-bond donors (Lipinski definition) is 4. The first kappa shape index (κ1) is 29.7. The summed E-state index contributed by atoms with van der Waals surface area (Å²) in [4.78, 5) is 38.2. The van der Waals surface area contributed by atoms with Crippen LogP contribution in [0.4, 0.5) is 26.3 Å². The third-order valence-corrected chi connectivity index (χ3v) is 1.98. The van der Waals surface area contributed by atoms with Gasteiger partial charge >= 0.3 is 24.3 Å². The molecule has 2 atom stereocenters. The highest BCUT2D eigenvalue weighted by Gasteiger charge is 2.29. The predicted molar refractivity (Wildman–Crippen MR) is 67.8 cm³/mol. The second-order valence-electron chi connectivity index (χ2n) is 4.40. The van der Waals surface area contributed by atoms with Crippen LogP contribution >= 0.6 is 0 Å². The second-order valence-corrected chi connectivity index (χ2v) is 4.40. The third-order valence-electron chi connectivity index (χ3n) is 1.98. The minimum absolute atomic E-state index is 0.127. The molecular weight excluding hydrogens is 414 g/mol. The molecule has 0 aromatic carbocycles. The molecule has 0 aliphatic heterocycles. The van der Waals surface area contributed by atoms with E-state index in [1.165, 1.54) is 0 Å². The van der Waals surface area contributed by atoms with Crippen LogP contribution < -0.4 is 21.7 Å². The van der Waals surface area contributed by atoms with Gasteiger partial charge in [0.2, 0.25) is 0 Å². The number of aliphatic carboxylic acids is 4. The minimum Gasteiger partial charge on any atom is -0.542 e. The lowest BCUT2D eigenvalue weighted by molar-refractivity contribution is -0.406. The molecule has 0 bridgehead atoms. The molecule has 0 heterocycles. The summed E-state index contributed by atoms with van der Waals surface area (Å²) in [6.45, 7) is 0. The van der Waals surface area contributed by atoms with Gasteiger partial charge < -0.3 is 41.5 Å². The molecule has 0 amide bonds. The quantitative estimate of drug-likeness (QED) is 0.254. The Kier molecular flexibility index (Phi) is 14.0. The van der Waals surface area contributed by atoms with Crippen LogP contribution in [0.25, 0.3) is 0 Å². The molecule has 0 radical (unpaired) electrons. The molecule has 0 aromatic rings. The molecule has 0 aliphatic carbocycles. The van der Waals surface area contributed by atoms with Crippen LogP contribution in [0.1, 0.15) is 12.8 Å². The molecule has 0 unspecified atom stereocenters. The van der Waals surface area contributed by atoms with E-state index in [0.29, 0.717) is 0 Å². The van der Waals surface area contributed by atoms with Crippen molar-refractivity contribution in [1.82, 2.24) is 0 Å². The van der Waals surface area contributed by atoms with Gasteiger partial charge in [-0.2, -0.15) is 26.3 Å². The van der Waals surface area contributed by atoms with Crippen molar-refractivity contribution in [3.8, 4) is 11.8 Å². The largest absolute Gasteiger partial charge is 0.542 e. The van der Waals surface area contributed by atoms with Gasteiger partial charge in [-0.05, 0) is 0 Å². The number of rotatable bonds is 4. The van der Waals surface area contributed by atoms with Gasteiger partial charge in [0.15, 0.2) is 12.1 Å². The number of halogens is 6. The lowest BCUT2D eigenvalue weighted by Crippen LogP contribution is -2.65. The smallest absolute Gasteiger partial charge is 0.430 e. The highest BCUT2D eigenvalue weighted by Crippen LogP contribution is 2.12. The Morgan fingerprint density at radius 3 is 1.04 bits per heavy atom. The fourth-order valence-electron chi connectivity index (χ4n) is 0.565. The number of carboxylic acid groups (broad SMARTS) is 4. The Morgan fingerprint density at radius 1 is 0.750 bits per heavy atom. The summed E-state index contributed by atoms with van der Waals surface area (Å²) < 4.78 is 63.1. The molecule has 16 heteroatoms. The van der Waals surface area contributed by atoms with Gasteiger partial charge in [0, 0.05) is 0 Å². The molecule has 162 valence electrons. The predicted octanol–water partition coefficient (Wildman–Crippen LogP) is -4.24. The van der Waals surface area contributed by atoms with Crippen molar-refractivity contribution < 1.29 is 77.4 Å². The third kappa shape index (κ3) is 19.3. The van der Waals surface area contributed by atoms with Crippen molar-refractivity contribution in [3.63, 3.8) is 0 Å². The van der Waals surface area contributed by atoms with Crippen LogP contribution in [-0.4, -0.2) is 58.5 Å². The molecule has 0 aromatic heterocycles. The number of carboxylic acids is 4. The summed E-state index contributed by atoms with van der Waals surface area (Å²) in [6.07, 6.45) is -10.1. The fraction of sp³-hybridized carbons (Fsp3) is 0.500. The van der Waals surface area contributed by atoms with E-state index in [1.54, 1.807) is 0 Å². The Bertz CT molecular complexity index is 558. The van der Waals surface area contributed by atoms with Crippen molar-refractivity contribution in [3.05, 3.63) is 0 Å². The monoisotopic (exact) mass is 428 g/mol. The molecule has 0 fully saturated rings. The van der Waals surface area contributed by atoms with Gasteiger partial charge in [0.1, 0.15) is 11.9 Å². The molecule has 10 nitrogen and oxygen atoms in total. The van der Waals surface area contributed by atoms with Crippen molar-refractivity contribution >= 4 is 23.9 Å². The van der Waals surface area contributed by atoms with Crippen molar-refractivity contribution in [2.45, 2.75) is 37.3 Å². The zero-order chi connectivity index (χ0) is 23.3. The lowest BCUT2D eigenvalue weighted by atomic mass is 10.2. The van der Waals surface area contributed by atoms with Crippen LogP contribution in [0.15, 0.2) is 0 Å². The zero-order valence-corrected chi connectivity index (χ0v) is 13.6. The van der Waals surface area contributed by atoms with E-state index in [9.17, 15) is 35.9 Å². The molecule has 0 saturated carbocycles. The molecular formula is C12H14F6N2O8. The topological polar surface area (TPSA) is 210 Å². The molecule has 0 spiro atoms. The van der Waals surface area contributed by atoms with Gasteiger partial charge in [-0.25, -0.2) is 9.59 Å². The number of carbonyl (C=O) groups excluding carboxylic acids is 2. The molecule has 0 rings (SSSR count). The summed E-state index contributed by atoms with van der Waals surface area (Å²) in [6, 6.07) is -1.54. The molecule has 0 saturated heterocycles. The summed E-state index contributed by atoms with van der Waals surface area (Å²) in [7, 11) is 0. The van der Waals surface area contributed by atoms with Crippen LogP contribution in [0.3, 0.4) is 0 Å². The second kappa shape index (κ2) is 13.2. The van der Waals surface area contributed by atoms with Gasteiger partial charge in [0.25, 0.3) is 0 Å². The highest BCUT2D eigenvalue weighted by molar-refractivity contribution is 5.72. The number of hydrogen-bond acceptors (Lipinski definition) is 6. The van der Waals surface area contributed by atoms with E-state index in [4.69, 9.17) is 30.0 Å². The number of alkyl halides is 6. The van der Waals surface area contributed by atoms with Gasteiger partial charge in [0.05, 0.1) is 12.8 Å². The van der Waals surface area contributed by atoms with E-state index < -0.39 is 48.3 Å². The van der Waals surface area contributed by atoms with Crippen molar-refractivity contribution in [1.29, 1.82) is 0 Å². The summed E-state index contributed by atoms with van der Waals surface area (Å²) in [5.74, 6) is -2.92. The molecule has 8 N–H and O–H groups in total. The van der Waals surface area contributed by atoms with E-state index >= 15 is 0 Å². The van der Waals surface area contributed by atoms with Crippen molar-refractivity contribution in [2.75, 3.05) is 0 Å². The van der Waals surface area contributed by atoms with E-state index in [1.807, 2.05) is 0 Å². The SMILES string of the molecule is O=C([O-])C(F)(F)F.O=C([O-])C(F)(F)F.[NH3+][C@@H](CC#CC[C@H]([NH3+])C(=O)O)C(=O)O. The summed E-state index contributed by atoms with van der Waals surface area (Å²) in [5, 5.41) is 34.5. The van der Waals surface area contributed by atoms with Crippen LogP contribution in [0, 0.1) is 11.8 Å². The van der Waals surface area contributed by atoms with Gasteiger partial charge in [-0.1, -0.05) is 11.8 Å². The Balaban J connectivity index is -0.000000375. The summed E-state index contributed by atoms with van der Waals surface area (Å²) >= 11 is 0. The zero-order valence-electron chi connectivity index (χ0n) is 13.6. The van der Waals surface area contributed by atoms with Crippen LogP contribution in [0.2, 0.25) is 0 Å². The summed E-state index contributed by atoms with van der Waals surface area (Å²) in [5.41, 5.74) is 6.71. The first-order valence-corrected chi connectivity index (χ1v) is 6.47. The lowest BCUT2D eigenvalue weighted by Gasteiger charge is -2.03. The van der Waals surface area contributed by atoms with Gasteiger partial charge in [-0.15, -0.1) is 0 Å². The highest BCUT2D eigenvalue weighted by atomic mass is 19.4. The Labute approximate surface area is 151 Å². The van der Waals surface area contributed by atoms with E-state index in [0.717, 1.165) is 0 Å². The maximum atomic E-state index is 10.5. The first-order chi connectivity index (χ1) is 12.3. The Morgan fingerprint density at radius 2 is 0.929 bits per heavy atom. The average molecular weight is 428 g/mol.